The zero-order chi connectivity index (χ0) is 13.0. The first kappa shape index (κ1) is 12.8. The number of para-hydroxylation sites is 1. The molecule has 0 spiro atoms. The molecule has 1 aliphatic heterocycles. The summed E-state index contributed by atoms with van der Waals surface area (Å²) in [7, 11) is 0. The van der Waals surface area contributed by atoms with Gasteiger partial charge in [0, 0.05) is 26.2 Å². The number of benzene rings is 1. The number of likely N-dealkylation sites (N-methyl/N-ethyl adjacent to an activating group) is 1. The van der Waals surface area contributed by atoms with E-state index in [0.717, 1.165) is 19.6 Å². The van der Waals surface area contributed by atoms with E-state index < -0.39 is 5.82 Å². The van der Waals surface area contributed by atoms with E-state index >= 15 is 0 Å². The highest BCUT2D eigenvalue weighted by Gasteiger charge is 2.20. The SMILES string of the molecule is CCN1CCN(C(=O)Nc2ccccc2F)CC1. The highest BCUT2D eigenvalue weighted by atomic mass is 19.1. The summed E-state index contributed by atoms with van der Waals surface area (Å²) in [5, 5.41) is 2.61. The van der Waals surface area contributed by atoms with E-state index in [1.807, 2.05) is 0 Å². The van der Waals surface area contributed by atoms with Gasteiger partial charge in [0.15, 0.2) is 0 Å². The second-order valence-corrected chi connectivity index (χ2v) is 4.33. The van der Waals surface area contributed by atoms with Gasteiger partial charge >= 0.3 is 6.03 Å². The van der Waals surface area contributed by atoms with Crippen molar-refractivity contribution in [1.82, 2.24) is 9.80 Å². The number of hydrogen-bond acceptors (Lipinski definition) is 2. The van der Waals surface area contributed by atoms with Crippen molar-refractivity contribution in [3.05, 3.63) is 30.1 Å². The molecule has 1 N–H and O–H groups in total. The summed E-state index contributed by atoms with van der Waals surface area (Å²) in [6.07, 6.45) is 0. The van der Waals surface area contributed by atoms with Gasteiger partial charge in [-0.05, 0) is 18.7 Å². The van der Waals surface area contributed by atoms with E-state index in [4.69, 9.17) is 0 Å². The van der Waals surface area contributed by atoms with Crippen molar-refractivity contribution < 1.29 is 9.18 Å². The summed E-state index contributed by atoms with van der Waals surface area (Å²) in [6.45, 7) is 6.24. The molecule has 1 saturated heterocycles. The molecule has 0 aliphatic carbocycles. The van der Waals surface area contributed by atoms with Crippen LogP contribution in [0.4, 0.5) is 14.9 Å². The molecule has 1 aliphatic rings. The summed E-state index contributed by atoms with van der Waals surface area (Å²) in [4.78, 5) is 15.9. The van der Waals surface area contributed by atoms with Crippen molar-refractivity contribution in [2.45, 2.75) is 6.92 Å². The Bertz CT molecular complexity index is 416. The third-order valence-electron chi connectivity index (χ3n) is 3.22. The van der Waals surface area contributed by atoms with E-state index in [0.29, 0.717) is 13.1 Å². The molecule has 0 unspecified atom stereocenters. The number of carbonyl (C=O) groups excluding carboxylic acids is 1. The molecule has 1 aromatic rings. The highest BCUT2D eigenvalue weighted by molar-refractivity contribution is 5.89. The number of urea groups is 1. The lowest BCUT2D eigenvalue weighted by Gasteiger charge is -2.33. The minimum Gasteiger partial charge on any atom is -0.322 e. The number of hydrogen-bond donors (Lipinski definition) is 1. The maximum Gasteiger partial charge on any atom is 0.322 e. The average molecular weight is 251 g/mol. The van der Waals surface area contributed by atoms with Crippen molar-refractivity contribution in [3.63, 3.8) is 0 Å². The number of piperazine rings is 1. The highest BCUT2D eigenvalue weighted by Crippen LogP contribution is 2.13. The molecule has 1 aromatic carbocycles. The molecule has 1 fully saturated rings. The van der Waals surface area contributed by atoms with Crippen LogP contribution in [0.25, 0.3) is 0 Å². The molecule has 5 heteroatoms. The molecule has 2 amide bonds. The van der Waals surface area contributed by atoms with Crippen molar-refractivity contribution in [2.75, 3.05) is 38.0 Å². The summed E-state index contributed by atoms with van der Waals surface area (Å²) in [5.41, 5.74) is 0.237. The third kappa shape index (κ3) is 2.98. The summed E-state index contributed by atoms with van der Waals surface area (Å²) in [6, 6.07) is 5.98. The van der Waals surface area contributed by atoms with Gasteiger partial charge in [-0.3, -0.25) is 0 Å². The minimum absolute atomic E-state index is 0.226. The molecule has 0 aromatic heterocycles. The molecule has 1 heterocycles. The fraction of sp³-hybridized carbons (Fsp3) is 0.462. The molecular weight excluding hydrogens is 233 g/mol. The summed E-state index contributed by atoms with van der Waals surface area (Å²) < 4.78 is 13.4. The van der Waals surface area contributed by atoms with Crippen molar-refractivity contribution >= 4 is 11.7 Å². The van der Waals surface area contributed by atoms with E-state index in [1.54, 1.807) is 23.1 Å². The molecule has 98 valence electrons. The van der Waals surface area contributed by atoms with E-state index in [1.165, 1.54) is 6.07 Å². The Balaban J connectivity index is 1.91. The van der Waals surface area contributed by atoms with E-state index in [9.17, 15) is 9.18 Å². The number of amides is 2. The van der Waals surface area contributed by atoms with Crippen LogP contribution in [0, 0.1) is 5.82 Å². The zero-order valence-electron chi connectivity index (χ0n) is 10.5. The van der Waals surface area contributed by atoms with Crippen LogP contribution in [0.15, 0.2) is 24.3 Å². The van der Waals surface area contributed by atoms with Gasteiger partial charge in [0.2, 0.25) is 0 Å². The van der Waals surface area contributed by atoms with Gasteiger partial charge in [-0.15, -0.1) is 0 Å². The van der Waals surface area contributed by atoms with Crippen LogP contribution < -0.4 is 5.32 Å². The van der Waals surface area contributed by atoms with Gasteiger partial charge in [0.1, 0.15) is 5.82 Å². The largest absolute Gasteiger partial charge is 0.322 e. The van der Waals surface area contributed by atoms with Gasteiger partial charge in [-0.2, -0.15) is 0 Å². The number of rotatable bonds is 2. The monoisotopic (exact) mass is 251 g/mol. The maximum absolute atomic E-state index is 13.4. The van der Waals surface area contributed by atoms with Crippen LogP contribution in [0.1, 0.15) is 6.92 Å². The molecule has 0 atom stereocenters. The zero-order valence-corrected chi connectivity index (χ0v) is 10.5. The van der Waals surface area contributed by atoms with Crippen molar-refractivity contribution in [1.29, 1.82) is 0 Å². The lowest BCUT2D eigenvalue weighted by molar-refractivity contribution is 0.151. The normalized spacial score (nSPS) is 16.7. The van der Waals surface area contributed by atoms with Gasteiger partial charge < -0.3 is 15.1 Å². The van der Waals surface area contributed by atoms with Gasteiger partial charge in [0.25, 0.3) is 0 Å². The molecule has 0 radical (unpaired) electrons. The lowest BCUT2D eigenvalue weighted by atomic mass is 10.3. The Morgan fingerprint density at radius 1 is 1.28 bits per heavy atom. The lowest BCUT2D eigenvalue weighted by Crippen LogP contribution is -2.49. The predicted octanol–water partition coefficient (Wildman–Crippen LogP) is 2.00. The van der Waals surface area contributed by atoms with Crippen LogP contribution in [0.2, 0.25) is 0 Å². The smallest absolute Gasteiger partial charge is 0.322 e. The summed E-state index contributed by atoms with van der Waals surface area (Å²) >= 11 is 0. The van der Waals surface area contributed by atoms with Crippen LogP contribution in [-0.2, 0) is 0 Å². The predicted molar refractivity (Wildman–Crippen MR) is 69.1 cm³/mol. The fourth-order valence-corrected chi connectivity index (χ4v) is 2.02. The number of halogens is 1. The number of nitrogens with one attached hydrogen (secondary N) is 1. The third-order valence-corrected chi connectivity index (χ3v) is 3.22. The molecule has 2 rings (SSSR count). The Labute approximate surface area is 106 Å². The van der Waals surface area contributed by atoms with Crippen LogP contribution in [0.5, 0.6) is 0 Å². The minimum atomic E-state index is -0.405. The Morgan fingerprint density at radius 3 is 2.56 bits per heavy atom. The molecule has 18 heavy (non-hydrogen) atoms. The number of anilines is 1. The van der Waals surface area contributed by atoms with Crippen LogP contribution in [-0.4, -0.2) is 48.6 Å². The summed E-state index contributed by atoms with van der Waals surface area (Å²) in [5.74, 6) is -0.405. The average Bonchev–Trinajstić information content (AvgIpc) is 2.41. The van der Waals surface area contributed by atoms with Crippen molar-refractivity contribution in [3.8, 4) is 0 Å². The quantitative estimate of drug-likeness (QED) is 0.872. The molecular formula is C13H18FN3O. The Morgan fingerprint density at radius 2 is 1.94 bits per heavy atom. The number of nitrogens with zero attached hydrogens (tertiary/aromatic N) is 2. The van der Waals surface area contributed by atoms with Crippen LogP contribution in [0.3, 0.4) is 0 Å². The van der Waals surface area contributed by atoms with Gasteiger partial charge in [0.05, 0.1) is 5.69 Å². The van der Waals surface area contributed by atoms with Crippen molar-refractivity contribution in [2.24, 2.45) is 0 Å². The second-order valence-electron chi connectivity index (χ2n) is 4.33. The molecule has 4 nitrogen and oxygen atoms in total. The standard InChI is InChI=1S/C13H18FN3O/c1-2-16-7-9-17(10-8-16)13(18)15-12-6-4-3-5-11(12)14/h3-6H,2,7-10H2,1H3,(H,15,18). The molecule has 0 saturated carbocycles. The molecule has 0 bridgehead atoms. The number of carbonyl (C=O) groups is 1. The van der Waals surface area contributed by atoms with Gasteiger partial charge in [-0.1, -0.05) is 19.1 Å². The Kier molecular flexibility index (Phi) is 4.15. The van der Waals surface area contributed by atoms with E-state index in [2.05, 4.69) is 17.1 Å². The maximum atomic E-state index is 13.4. The second kappa shape index (κ2) is 5.82. The first-order valence-electron chi connectivity index (χ1n) is 6.23. The van der Waals surface area contributed by atoms with Gasteiger partial charge in [-0.25, -0.2) is 9.18 Å². The Hall–Kier alpha value is -1.62. The van der Waals surface area contributed by atoms with Crippen LogP contribution >= 0.6 is 0 Å². The fourth-order valence-electron chi connectivity index (χ4n) is 2.02. The first-order valence-corrected chi connectivity index (χ1v) is 6.23. The van der Waals surface area contributed by atoms with E-state index in [-0.39, 0.29) is 11.7 Å². The first-order chi connectivity index (χ1) is 8.70. The topological polar surface area (TPSA) is 35.6 Å².